The molecule has 0 spiro atoms. The van der Waals surface area contributed by atoms with Gasteiger partial charge in [0, 0.05) is 17.7 Å². The van der Waals surface area contributed by atoms with E-state index in [2.05, 4.69) is 32.8 Å². The van der Waals surface area contributed by atoms with Crippen molar-refractivity contribution in [3.63, 3.8) is 0 Å². The fraction of sp³-hybridized carbons (Fsp3) is 0.333. The zero-order valence-corrected chi connectivity index (χ0v) is 11.5. The molecule has 0 saturated carbocycles. The molecule has 3 nitrogen and oxygen atoms in total. The summed E-state index contributed by atoms with van der Waals surface area (Å²) in [5, 5.41) is 9.98. The molecule has 6 heteroatoms. The SMILES string of the molecule is ClCCCc1nnc(-c2csc(I)c2)o1. The molecule has 0 N–H and O–H groups in total. The van der Waals surface area contributed by atoms with E-state index in [0.717, 1.165) is 18.4 Å². The predicted molar refractivity (Wildman–Crippen MR) is 69.4 cm³/mol. The van der Waals surface area contributed by atoms with Crippen LogP contribution in [0.1, 0.15) is 12.3 Å². The molecule has 15 heavy (non-hydrogen) atoms. The summed E-state index contributed by atoms with van der Waals surface area (Å²) >= 11 is 9.52. The van der Waals surface area contributed by atoms with Gasteiger partial charge in [0.25, 0.3) is 0 Å². The smallest absolute Gasteiger partial charge is 0.248 e. The van der Waals surface area contributed by atoms with E-state index in [1.165, 1.54) is 2.88 Å². The summed E-state index contributed by atoms with van der Waals surface area (Å²) in [4.78, 5) is 0. The monoisotopic (exact) mass is 354 g/mol. The number of aryl methyl sites for hydroxylation is 1. The first-order valence-corrected chi connectivity index (χ1v) is 6.91. The lowest BCUT2D eigenvalue weighted by Crippen LogP contribution is -1.85. The Balaban J connectivity index is 2.13. The minimum absolute atomic E-state index is 0.596. The Morgan fingerprint density at radius 3 is 3.00 bits per heavy atom. The topological polar surface area (TPSA) is 38.9 Å². The van der Waals surface area contributed by atoms with Gasteiger partial charge in [-0.2, -0.15) is 0 Å². The Hall–Kier alpha value is -0.140. The Kier molecular flexibility index (Phi) is 3.99. The van der Waals surface area contributed by atoms with Crippen molar-refractivity contribution in [3.8, 4) is 11.5 Å². The molecule has 2 heterocycles. The first-order valence-electron chi connectivity index (χ1n) is 4.42. The molecule has 0 amide bonds. The highest BCUT2D eigenvalue weighted by molar-refractivity contribution is 14.1. The maximum absolute atomic E-state index is 5.59. The maximum Gasteiger partial charge on any atom is 0.248 e. The lowest BCUT2D eigenvalue weighted by atomic mass is 10.3. The fourth-order valence-corrected chi connectivity index (χ4v) is 2.57. The molecule has 80 valence electrons. The lowest BCUT2D eigenvalue weighted by Gasteiger charge is -1.89. The normalized spacial score (nSPS) is 10.8. The molecule has 0 aromatic carbocycles. The van der Waals surface area contributed by atoms with E-state index in [1.54, 1.807) is 11.3 Å². The molecule has 0 radical (unpaired) electrons. The van der Waals surface area contributed by atoms with Gasteiger partial charge in [0.05, 0.1) is 8.45 Å². The molecule has 0 bridgehead atoms. The van der Waals surface area contributed by atoms with Crippen LogP contribution in [-0.4, -0.2) is 16.1 Å². The van der Waals surface area contributed by atoms with Crippen LogP contribution in [0.2, 0.25) is 0 Å². The summed E-state index contributed by atoms with van der Waals surface area (Å²) in [7, 11) is 0. The van der Waals surface area contributed by atoms with Crippen LogP contribution < -0.4 is 0 Å². The zero-order chi connectivity index (χ0) is 10.7. The summed E-state index contributed by atoms with van der Waals surface area (Å²) in [5.74, 6) is 1.87. The van der Waals surface area contributed by atoms with E-state index >= 15 is 0 Å². The molecule has 0 atom stereocenters. The van der Waals surface area contributed by atoms with Crippen molar-refractivity contribution in [3.05, 3.63) is 20.2 Å². The van der Waals surface area contributed by atoms with Gasteiger partial charge in [0.15, 0.2) is 0 Å². The molecule has 0 saturated heterocycles. The molecule has 0 unspecified atom stereocenters. The maximum atomic E-state index is 5.59. The molecule has 2 aromatic rings. The van der Waals surface area contributed by atoms with Gasteiger partial charge in [-0.15, -0.1) is 33.1 Å². The molecule has 2 aromatic heterocycles. The van der Waals surface area contributed by atoms with Crippen molar-refractivity contribution in [1.82, 2.24) is 10.2 Å². The van der Waals surface area contributed by atoms with Crippen molar-refractivity contribution in [2.75, 3.05) is 5.88 Å². The molecule has 0 fully saturated rings. The highest BCUT2D eigenvalue weighted by Crippen LogP contribution is 2.25. The molecular weight excluding hydrogens is 347 g/mol. The average Bonchev–Trinajstić information content (AvgIpc) is 2.83. The summed E-state index contributed by atoms with van der Waals surface area (Å²) in [6, 6.07) is 2.03. The molecule has 2 rings (SSSR count). The van der Waals surface area contributed by atoms with Crippen LogP contribution in [-0.2, 0) is 6.42 Å². The van der Waals surface area contributed by atoms with Gasteiger partial charge in [0.2, 0.25) is 11.8 Å². The lowest BCUT2D eigenvalue weighted by molar-refractivity contribution is 0.503. The Morgan fingerprint density at radius 1 is 1.47 bits per heavy atom. The van der Waals surface area contributed by atoms with Gasteiger partial charge in [-0.3, -0.25) is 0 Å². The summed E-state index contributed by atoms with van der Waals surface area (Å²) in [6.07, 6.45) is 1.61. The minimum Gasteiger partial charge on any atom is -0.421 e. The number of hydrogen-bond donors (Lipinski definition) is 0. The quantitative estimate of drug-likeness (QED) is 0.622. The van der Waals surface area contributed by atoms with Crippen molar-refractivity contribution >= 4 is 45.5 Å². The molecule has 0 aliphatic heterocycles. The second-order valence-electron chi connectivity index (χ2n) is 2.93. The molecular formula is C9H8ClIN2OS. The number of hydrogen-bond acceptors (Lipinski definition) is 4. The van der Waals surface area contributed by atoms with Gasteiger partial charge in [-0.25, -0.2) is 0 Å². The Bertz CT molecular complexity index is 443. The van der Waals surface area contributed by atoms with E-state index in [1.807, 2.05) is 11.4 Å². The molecule has 0 aliphatic rings. The van der Waals surface area contributed by atoms with Gasteiger partial charge in [-0.05, 0) is 35.1 Å². The average molecular weight is 355 g/mol. The first kappa shape index (κ1) is 11.3. The van der Waals surface area contributed by atoms with Crippen molar-refractivity contribution in [1.29, 1.82) is 0 Å². The van der Waals surface area contributed by atoms with Crippen LogP contribution in [0.4, 0.5) is 0 Å². The third-order valence-corrected chi connectivity index (χ3v) is 3.86. The van der Waals surface area contributed by atoms with Gasteiger partial charge in [0.1, 0.15) is 0 Å². The van der Waals surface area contributed by atoms with Crippen molar-refractivity contribution in [2.45, 2.75) is 12.8 Å². The van der Waals surface area contributed by atoms with E-state index in [-0.39, 0.29) is 0 Å². The number of halogens is 2. The predicted octanol–water partition coefficient (Wildman–Crippen LogP) is 3.57. The van der Waals surface area contributed by atoms with E-state index < -0.39 is 0 Å². The number of aromatic nitrogens is 2. The summed E-state index contributed by atoms with van der Waals surface area (Å²) < 4.78 is 6.72. The van der Waals surface area contributed by atoms with Crippen molar-refractivity contribution < 1.29 is 4.42 Å². The van der Waals surface area contributed by atoms with Crippen LogP contribution in [0, 0.1) is 2.88 Å². The van der Waals surface area contributed by atoms with Crippen LogP contribution >= 0.6 is 45.5 Å². The number of nitrogens with zero attached hydrogens (tertiary/aromatic N) is 2. The number of alkyl halides is 1. The summed E-state index contributed by atoms with van der Waals surface area (Å²) in [6.45, 7) is 0. The van der Waals surface area contributed by atoms with Crippen LogP contribution in [0.3, 0.4) is 0 Å². The van der Waals surface area contributed by atoms with E-state index in [9.17, 15) is 0 Å². The Morgan fingerprint density at radius 2 is 2.33 bits per heavy atom. The van der Waals surface area contributed by atoms with Gasteiger partial charge in [-0.1, -0.05) is 0 Å². The van der Waals surface area contributed by atoms with Crippen LogP contribution in [0.5, 0.6) is 0 Å². The van der Waals surface area contributed by atoms with Gasteiger partial charge >= 0.3 is 0 Å². The fourth-order valence-electron chi connectivity index (χ4n) is 1.11. The first-order chi connectivity index (χ1) is 7.29. The second kappa shape index (κ2) is 5.27. The van der Waals surface area contributed by atoms with Gasteiger partial charge < -0.3 is 4.42 Å². The van der Waals surface area contributed by atoms with E-state index in [0.29, 0.717) is 17.7 Å². The van der Waals surface area contributed by atoms with E-state index in [4.69, 9.17) is 16.0 Å². The number of rotatable bonds is 4. The van der Waals surface area contributed by atoms with Crippen LogP contribution in [0.25, 0.3) is 11.5 Å². The standard InChI is InChI=1S/C9H8ClIN2OS/c10-3-1-2-8-12-13-9(14-8)6-4-7(11)15-5-6/h4-5H,1-3H2. The van der Waals surface area contributed by atoms with Crippen LogP contribution in [0.15, 0.2) is 15.9 Å². The van der Waals surface area contributed by atoms with Crippen molar-refractivity contribution in [2.24, 2.45) is 0 Å². The highest BCUT2D eigenvalue weighted by atomic mass is 127. The Labute approximate surface area is 110 Å². The number of thiophene rings is 1. The highest BCUT2D eigenvalue weighted by Gasteiger charge is 2.09. The zero-order valence-electron chi connectivity index (χ0n) is 7.74. The third kappa shape index (κ3) is 2.92. The second-order valence-corrected chi connectivity index (χ2v) is 6.12. The summed E-state index contributed by atoms with van der Waals surface area (Å²) in [5.41, 5.74) is 0.994. The molecule has 0 aliphatic carbocycles. The largest absolute Gasteiger partial charge is 0.421 e. The minimum atomic E-state index is 0.596. The third-order valence-electron chi connectivity index (χ3n) is 1.81.